The molecule has 0 bridgehead atoms. The van der Waals surface area contributed by atoms with Crippen LogP contribution in [0.1, 0.15) is 0 Å². The summed E-state index contributed by atoms with van der Waals surface area (Å²) in [5, 5.41) is 21.0. The molecule has 0 aliphatic carbocycles. The Bertz CT molecular complexity index is 318. The fraction of sp³-hybridized carbons (Fsp3) is 0.833. The van der Waals surface area contributed by atoms with Gasteiger partial charge >= 0.3 is 7.82 Å². The van der Waals surface area contributed by atoms with Crippen LogP contribution in [0.2, 0.25) is 0 Å². The minimum atomic E-state index is -4.69. The van der Waals surface area contributed by atoms with Crippen molar-refractivity contribution in [2.24, 2.45) is 5.73 Å². The molecule has 10 heteroatoms. The highest BCUT2D eigenvalue weighted by molar-refractivity contribution is 7.46. The van der Waals surface area contributed by atoms with Crippen LogP contribution in [0.25, 0.3) is 0 Å². The Hall–Kier alpha value is -0.540. The van der Waals surface area contributed by atoms with Gasteiger partial charge in [0.15, 0.2) is 0 Å². The molecule has 9 nitrogen and oxygen atoms in total. The lowest BCUT2D eigenvalue weighted by Crippen LogP contribution is -2.66. The highest BCUT2D eigenvalue weighted by Crippen LogP contribution is 2.36. The number of aliphatic hydroxyl groups excluding tert-OH is 2. The van der Waals surface area contributed by atoms with E-state index in [0.29, 0.717) is 0 Å². The highest BCUT2D eigenvalue weighted by Gasteiger charge is 2.41. The van der Waals surface area contributed by atoms with Crippen molar-refractivity contribution in [2.75, 3.05) is 6.61 Å². The molecule has 1 fully saturated rings. The van der Waals surface area contributed by atoms with Gasteiger partial charge in [0.25, 0.3) is 0 Å². The van der Waals surface area contributed by atoms with Crippen molar-refractivity contribution in [1.29, 1.82) is 0 Å². The van der Waals surface area contributed by atoms with Gasteiger partial charge in [0.05, 0.1) is 12.6 Å². The number of nitrogens with two attached hydrogens (primary N) is 1. The summed E-state index contributed by atoms with van der Waals surface area (Å²) in [6, 6.07) is -2.39. The quantitative estimate of drug-likeness (QED) is 0.285. The standard InChI is InChI=1S/C6H13N2O7P/c7-3-5(10)4(9)2(8-6(3)11)1-15-16(12,13)14/h2-5,9-10H,1,7H2,(H,8,11)(H2,12,13,14)/t2-,3-,4-,5-/m1/s1. The van der Waals surface area contributed by atoms with E-state index in [0.717, 1.165) is 0 Å². The number of carbonyl (C=O) groups excluding carboxylic acids is 1. The van der Waals surface area contributed by atoms with E-state index in [9.17, 15) is 19.6 Å². The van der Waals surface area contributed by atoms with Gasteiger partial charge in [-0.1, -0.05) is 0 Å². The summed E-state index contributed by atoms with van der Waals surface area (Å²) in [6.45, 7) is -0.624. The van der Waals surface area contributed by atoms with Crippen molar-refractivity contribution in [3.05, 3.63) is 0 Å². The molecule has 1 heterocycles. The van der Waals surface area contributed by atoms with Crippen molar-refractivity contribution >= 4 is 13.7 Å². The molecular formula is C6H13N2O7P. The van der Waals surface area contributed by atoms with Crippen LogP contribution >= 0.6 is 7.82 Å². The molecule has 1 saturated heterocycles. The van der Waals surface area contributed by atoms with Crippen molar-refractivity contribution in [3.8, 4) is 0 Å². The number of nitrogens with one attached hydrogen (secondary N) is 1. The highest BCUT2D eigenvalue weighted by atomic mass is 31.2. The Kier molecular flexibility index (Phi) is 4.02. The van der Waals surface area contributed by atoms with Crippen molar-refractivity contribution in [1.82, 2.24) is 5.32 Å². The van der Waals surface area contributed by atoms with Crippen LogP contribution in [0.4, 0.5) is 0 Å². The molecule has 1 amide bonds. The fourth-order valence-corrected chi connectivity index (χ4v) is 1.64. The molecule has 16 heavy (non-hydrogen) atoms. The predicted octanol–water partition coefficient (Wildman–Crippen LogP) is -3.36. The van der Waals surface area contributed by atoms with Gasteiger partial charge < -0.3 is 31.1 Å². The summed E-state index contributed by atoms with van der Waals surface area (Å²) in [4.78, 5) is 28.0. The summed E-state index contributed by atoms with van der Waals surface area (Å²) in [7, 11) is -4.69. The number of hydrogen-bond acceptors (Lipinski definition) is 6. The van der Waals surface area contributed by atoms with Crippen molar-refractivity contribution in [3.63, 3.8) is 0 Å². The van der Waals surface area contributed by atoms with Gasteiger partial charge in [-0.15, -0.1) is 0 Å². The zero-order chi connectivity index (χ0) is 12.5. The van der Waals surface area contributed by atoms with Gasteiger partial charge in [-0.2, -0.15) is 0 Å². The van der Waals surface area contributed by atoms with E-state index >= 15 is 0 Å². The van der Waals surface area contributed by atoms with Crippen LogP contribution in [-0.4, -0.2) is 56.8 Å². The van der Waals surface area contributed by atoms with Crippen LogP contribution in [0.5, 0.6) is 0 Å². The zero-order valence-electron chi connectivity index (χ0n) is 8.05. The minimum absolute atomic E-state index is 0.624. The van der Waals surface area contributed by atoms with E-state index < -0.39 is 44.6 Å². The van der Waals surface area contributed by atoms with Gasteiger partial charge in [-0.25, -0.2) is 4.57 Å². The number of aliphatic hydroxyl groups is 2. The van der Waals surface area contributed by atoms with Gasteiger partial charge in [-0.3, -0.25) is 9.32 Å². The average Bonchev–Trinajstić information content (AvgIpc) is 2.17. The molecule has 0 aromatic rings. The first-order chi connectivity index (χ1) is 7.22. The molecule has 1 rings (SSSR count). The first kappa shape index (κ1) is 13.5. The average molecular weight is 256 g/mol. The second-order valence-electron chi connectivity index (χ2n) is 3.41. The summed E-state index contributed by atoms with van der Waals surface area (Å²) >= 11 is 0. The largest absolute Gasteiger partial charge is 0.469 e. The molecule has 0 saturated carbocycles. The summed E-state index contributed by atoms with van der Waals surface area (Å²) in [6.07, 6.45) is -2.95. The third-order valence-electron chi connectivity index (χ3n) is 2.18. The van der Waals surface area contributed by atoms with Crippen LogP contribution in [0.3, 0.4) is 0 Å². The first-order valence-electron chi connectivity index (χ1n) is 4.34. The molecular weight excluding hydrogens is 243 g/mol. The molecule has 0 aromatic heterocycles. The van der Waals surface area contributed by atoms with E-state index in [1.165, 1.54) is 0 Å². The van der Waals surface area contributed by atoms with Crippen LogP contribution < -0.4 is 11.1 Å². The Morgan fingerprint density at radius 2 is 1.94 bits per heavy atom. The number of piperidine rings is 1. The van der Waals surface area contributed by atoms with Gasteiger partial charge in [0.2, 0.25) is 5.91 Å². The topological polar surface area (TPSA) is 162 Å². The third kappa shape index (κ3) is 3.22. The smallest absolute Gasteiger partial charge is 0.388 e. The van der Waals surface area contributed by atoms with E-state index in [1.807, 2.05) is 0 Å². The molecule has 1 aliphatic heterocycles. The number of rotatable bonds is 3. The van der Waals surface area contributed by atoms with E-state index in [-0.39, 0.29) is 0 Å². The molecule has 0 unspecified atom stereocenters. The zero-order valence-corrected chi connectivity index (χ0v) is 8.95. The number of phosphoric ester groups is 1. The van der Waals surface area contributed by atoms with Gasteiger partial charge in [-0.05, 0) is 0 Å². The third-order valence-corrected chi connectivity index (χ3v) is 2.67. The predicted molar refractivity (Wildman–Crippen MR) is 49.9 cm³/mol. The first-order valence-corrected chi connectivity index (χ1v) is 5.87. The normalized spacial score (nSPS) is 35.9. The number of amides is 1. The molecule has 1 aliphatic rings. The second-order valence-corrected chi connectivity index (χ2v) is 4.65. The number of hydrogen-bond donors (Lipinski definition) is 6. The molecule has 0 radical (unpaired) electrons. The monoisotopic (exact) mass is 256 g/mol. The maximum Gasteiger partial charge on any atom is 0.469 e. The number of carbonyl (C=O) groups is 1. The molecule has 0 spiro atoms. The summed E-state index contributed by atoms with van der Waals surface area (Å²) in [5.41, 5.74) is 5.24. The lowest BCUT2D eigenvalue weighted by atomic mass is 9.95. The van der Waals surface area contributed by atoms with E-state index in [1.54, 1.807) is 0 Å². The Morgan fingerprint density at radius 3 is 2.44 bits per heavy atom. The Labute approximate surface area is 90.4 Å². The summed E-state index contributed by atoms with van der Waals surface area (Å²) in [5.74, 6) is -0.725. The molecule has 0 aromatic carbocycles. The van der Waals surface area contributed by atoms with Gasteiger partial charge in [0, 0.05) is 0 Å². The van der Waals surface area contributed by atoms with Gasteiger partial charge in [0.1, 0.15) is 18.2 Å². The van der Waals surface area contributed by atoms with Crippen LogP contribution in [0, 0.1) is 0 Å². The maximum atomic E-state index is 11.1. The number of phosphoric acid groups is 1. The van der Waals surface area contributed by atoms with E-state index in [2.05, 4.69) is 9.84 Å². The lowest BCUT2D eigenvalue weighted by Gasteiger charge is -2.35. The Balaban J connectivity index is 2.61. The lowest BCUT2D eigenvalue weighted by molar-refractivity contribution is -0.137. The van der Waals surface area contributed by atoms with E-state index in [4.69, 9.17) is 15.5 Å². The molecule has 4 atom stereocenters. The minimum Gasteiger partial charge on any atom is -0.388 e. The second kappa shape index (κ2) is 4.76. The van der Waals surface area contributed by atoms with Crippen LogP contribution in [0.15, 0.2) is 0 Å². The SMILES string of the molecule is N[C@H]1C(=O)N[C@H](COP(=O)(O)O)[C@@H](O)[C@@H]1O. The molecule has 94 valence electrons. The van der Waals surface area contributed by atoms with Crippen molar-refractivity contribution < 1.29 is 33.9 Å². The van der Waals surface area contributed by atoms with Crippen LogP contribution in [-0.2, 0) is 13.9 Å². The maximum absolute atomic E-state index is 11.1. The summed E-state index contributed by atoms with van der Waals surface area (Å²) < 4.78 is 14.5. The molecule has 7 N–H and O–H groups in total. The van der Waals surface area contributed by atoms with Crippen molar-refractivity contribution in [2.45, 2.75) is 24.3 Å². The Morgan fingerprint density at radius 1 is 1.38 bits per heavy atom. The fourth-order valence-electron chi connectivity index (χ4n) is 1.29.